The average Bonchev–Trinajstić information content (AvgIpc) is 2.30. The van der Waals surface area contributed by atoms with E-state index < -0.39 is 11.4 Å². The highest BCUT2D eigenvalue weighted by Crippen LogP contribution is 2.22. The molecule has 4 heteroatoms. The molecule has 0 amide bonds. The number of carbonyl (C=O) groups is 1. The molecular weight excluding hydrogens is 204 g/mol. The monoisotopic (exact) mass is 218 g/mol. The summed E-state index contributed by atoms with van der Waals surface area (Å²) in [6, 6.07) is 7.40. The molecule has 1 aromatic rings. The second kappa shape index (κ2) is 5.26. The first-order valence-electron chi connectivity index (χ1n) is 5.11. The van der Waals surface area contributed by atoms with Crippen molar-refractivity contribution < 1.29 is 9.53 Å². The number of carbonyl (C=O) groups excluding carboxylic acids is 1. The number of hydrogen-bond donors (Lipinski definition) is 0. The molecule has 1 atom stereocenters. The van der Waals surface area contributed by atoms with Crippen LogP contribution in [0.25, 0.3) is 0 Å². The van der Waals surface area contributed by atoms with E-state index in [4.69, 9.17) is 10.00 Å². The minimum Gasteiger partial charge on any atom is -0.465 e. The number of nitriles is 1. The molecule has 84 valence electrons. The number of esters is 1. The Bertz CT molecular complexity index is 397. The van der Waals surface area contributed by atoms with Crippen LogP contribution >= 0.6 is 0 Å². The van der Waals surface area contributed by atoms with Crippen LogP contribution in [0.15, 0.2) is 24.4 Å². The molecule has 0 saturated heterocycles. The second-order valence-corrected chi connectivity index (χ2v) is 3.66. The fraction of sp³-hybridized carbons (Fsp3) is 0.417. The molecule has 0 aliphatic rings. The van der Waals surface area contributed by atoms with Gasteiger partial charge in [-0.05, 0) is 26.0 Å². The third-order valence-electron chi connectivity index (χ3n) is 2.23. The lowest BCUT2D eigenvalue weighted by atomic mass is 9.87. The molecule has 4 nitrogen and oxygen atoms in total. The molecular formula is C12H14N2O2. The molecule has 0 saturated carbocycles. The summed E-state index contributed by atoms with van der Waals surface area (Å²) in [6.07, 6.45) is 1.90. The Morgan fingerprint density at radius 3 is 2.88 bits per heavy atom. The zero-order valence-electron chi connectivity index (χ0n) is 9.43. The summed E-state index contributed by atoms with van der Waals surface area (Å²) in [5, 5.41) is 9.07. The van der Waals surface area contributed by atoms with Gasteiger partial charge >= 0.3 is 5.97 Å². The van der Waals surface area contributed by atoms with Gasteiger partial charge in [-0.25, -0.2) is 0 Å². The van der Waals surface area contributed by atoms with Crippen LogP contribution in [0.3, 0.4) is 0 Å². The maximum atomic E-state index is 11.6. The third kappa shape index (κ3) is 2.80. The number of rotatable bonds is 4. The van der Waals surface area contributed by atoms with Gasteiger partial charge in [0, 0.05) is 18.3 Å². The minimum atomic E-state index is -1.16. The molecule has 0 N–H and O–H groups in total. The fourth-order valence-electron chi connectivity index (χ4n) is 1.31. The second-order valence-electron chi connectivity index (χ2n) is 3.66. The van der Waals surface area contributed by atoms with E-state index in [0.717, 1.165) is 0 Å². The molecule has 16 heavy (non-hydrogen) atoms. The van der Waals surface area contributed by atoms with E-state index in [1.54, 1.807) is 32.2 Å². The van der Waals surface area contributed by atoms with Crippen LogP contribution in [0, 0.1) is 16.7 Å². The fourth-order valence-corrected chi connectivity index (χ4v) is 1.31. The van der Waals surface area contributed by atoms with E-state index in [1.807, 2.05) is 12.1 Å². The number of ether oxygens (including phenoxy) is 1. The van der Waals surface area contributed by atoms with E-state index in [-0.39, 0.29) is 13.0 Å². The van der Waals surface area contributed by atoms with Crippen molar-refractivity contribution in [3.8, 4) is 6.07 Å². The number of nitrogens with zero attached hydrogens (tertiary/aromatic N) is 2. The lowest BCUT2D eigenvalue weighted by Gasteiger charge is -2.18. The van der Waals surface area contributed by atoms with Crippen molar-refractivity contribution in [1.82, 2.24) is 4.98 Å². The molecule has 1 aromatic heterocycles. The summed E-state index contributed by atoms with van der Waals surface area (Å²) >= 11 is 0. The van der Waals surface area contributed by atoms with E-state index in [2.05, 4.69) is 4.98 Å². The van der Waals surface area contributed by atoms with E-state index in [9.17, 15) is 4.79 Å². The summed E-state index contributed by atoms with van der Waals surface area (Å²) in [4.78, 5) is 15.7. The van der Waals surface area contributed by atoms with Crippen molar-refractivity contribution >= 4 is 5.97 Å². The van der Waals surface area contributed by atoms with Crippen molar-refractivity contribution in [2.75, 3.05) is 6.61 Å². The van der Waals surface area contributed by atoms with Crippen LogP contribution in [0.2, 0.25) is 0 Å². The first kappa shape index (κ1) is 12.2. The summed E-state index contributed by atoms with van der Waals surface area (Å²) in [5.41, 5.74) is -0.454. The van der Waals surface area contributed by atoms with Crippen molar-refractivity contribution in [2.45, 2.75) is 20.3 Å². The molecule has 0 radical (unpaired) electrons. The van der Waals surface area contributed by atoms with Gasteiger partial charge in [-0.3, -0.25) is 9.78 Å². The summed E-state index contributed by atoms with van der Waals surface area (Å²) < 4.78 is 4.88. The first-order valence-corrected chi connectivity index (χ1v) is 5.11. The van der Waals surface area contributed by atoms with Gasteiger partial charge in [0.25, 0.3) is 0 Å². The Balaban J connectivity index is 2.83. The molecule has 0 fully saturated rings. The Hall–Kier alpha value is -1.89. The quantitative estimate of drug-likeness (QED) is 0.722. The Kier molecular flexibility index (Phi) is 4.01. The SMILES string of the molecule is CCOC(=O)[C@](C)(C#N)Cc1ccccn1. The predicted octanol–water partition coefficient (Wildman–Crippen LogP) is 1.72. The van der Waals surface area contributed by atoms with Gasteiger partial charge < -0.3 is 4.74 Å². The first-order chi connectivity index (χ1) is 7.62. The highest BCUT2D eigenvalue weighted by molar-refractivity contribution is 5.79. The van der Waals surface area contributed by atoms with Gasteiger partial charge in [0.05, 0.1) is 12.7 Å². The van der Waals surface area contributed by atoms with Gasteiger partial charge in [0.1, 0.15) is 0 Å². The summed E-state index contributed by atoms with van der Waals surface area (Å²) in [7, 11) is 0. The van der Waals surface area contributed by atoms with Gasteiger partial charge in [-0.1, -0.05) is 6.07 Å². The Labute approximate surface area is 94.9 Å². The van der Waals surface area contributed by atoms with E-state index in [1.165, 1.54) is 0 Å². The van der Waals surface area contributed by atoms with Crippen LogP contribution in [0.4, 0.5) is 0 Å². The number of pyridine rings is 1. The molecule has 0 aliphatic carbocycles. The zero-order chi connectivity index (χ0) is 12.0. The van der Waals surface area contributed by atoms with Crippen molar-refractivity contribution in [3.05, 3.63) is 30.1 Å². The van der Waals surface area contributed by atoms with Crippen LogP contribution in [0.1, 0.15) is 19.5 Å². The van der Waals surface area contributed by atoms with Crippen molar-refractivity contribution in [2.24, 2.45) is 5.41 Å². The number of hydrogen-bond acceptors (Lipinski definition) is 4. The standard InChI is InChI=1S/C12H14N2O2/c1-3-16-11(15)12(2,9-13)8-10-6-4-5-7-14-10/h4-7H,3,8H2,1-2H3/t12-/m0/s1. The Morgan fingerprint density at radius 2 is 2.38 bits per heavy atom. The highest BCUT2D eigenvalue weighted by Gasteiger charge is 2.35. The van der Waals surface area contributed by atoms with Gasteiger partial charge in [-0.2, -0.15) is 5.26 Å². The molecule has 0 unspecified atom stereocenters. The van der Waals surface area contributed by atoms with Crippen LogP contribution < -0.4 is 0 Å². The van der Waals surface area contributed by atoms with E-state index >= 15 is 0 Å². The van der Waals surface area contributed by atoms with Crippen LogP contribution in [-0.2, 0) is 16.0 Å². The Morgan fingerprint density at radius 1 is 1.62 bits per heavy atom. The summed E-state index contributed by atoms with van der Waals surface area (Å²) in [5.74, 6) is -0.497. The van der Waals surface area contributed by atoms with Gasteiger partial charge in [-0.15, -0.1) is 0 Å². The molecule has 0 aromatic carbocycles. The smallest absolute Gasteiger partial charge is 0.326 e. The van der Waals surface area contributed by atoms with Crippen LogP contribution in [-0.4, -0.2) is 17.6 Å². The topological polar surface area (TPSA) is 63.0 Å². The van der Waals surface area contributed by atoms with Gasteiger partial charge in [0.2, 0.25) is 0 Å². The van der Waals surface area contributed by atoms with Crippen molar-refractivity contribution in [1.29, 1.82) is 5.26 Å². The maximum Gasteiger partial charge on any atom is 0.326 e. The van der Waals surface area contributed by atoms with E-state index in [0.29, 0.717) is 5.69 Å². The zero-order valence-corrected chi connectivity index (χ0v) is 9.43. The number of aromatic nitrogens is 1. The molecule has 0 aliphatic heterocycles. The molecule has 0 spiro atoms. The molecule has 1 heterocycles. The molecule has 1 rings (SSSR count). The van der Waals surface area contributed by atoms with Crippen LogP contribution in [0.5, 0.6) is 0 Å². The minimum absolute atomic E-state index is 0.267. The summed E-state index contributed by atoms with van der Waals surface area (Å²) in [6.45, 7) is 3.56. The lowest BCUT2D eigenvalue weighted by molar-refractivity contribution is -0.151. The average molecular weight is 218 g/mol. The molecule has 0 bridgehead atoms. The normalized spacial score (nSPS) is 13.6. The highest BCUT2D eigenvalue weighted by atomic mass is 16.5. The maximum absolute atomic E-state index is 11.6. The lowest BCUT2D eigenvalue weighted by Crippen LogP contribution is -2.31. The van der Waals surface area contributed by atoms with Crippen molar-refractivity contribution in [3.63, 3.8) is 0 Å². The largest absolute Gasteiger partial charge is 0.465 e. The van der Waals surface area contributed by atoms with Gasteiger partial charge in [0.15, 0.2) is 5.41 Å². The third-order valence-corrected chi connectivity index (χ3v) is 2.23. The predicted molar refractivity (Wildman–Crippen MR) is 58.3 cm³/mol.